The maximum atomic E-state index is 3.56. The number of benzene rings is 6. The molecule has 8 heteroatoms. The Hall–Kier alpha value is -1.67. The van der Waals surface area contributed by atoms with Gasteiger partial charge in [0.15, 0.2) is 0 Å². The van der Waals surface area contributed by atoms with Gasteiger partial charge in [-0.1, -0.05) is 24.0 Å². The summed E-state index contributed by atoms with van der Waals surface area (Å²) >= 11 is 12.9. The fraction of sp³-hybridized carbons (Fsp3) is 0.238. The molecule has 0 saturated carbocycles. The van der Waals surface area contributed by atoms with E-state index >= 15 is 0 Å². The molecular formula is C42H42S7Si-. The molecule has 0 radical (unpaired) electrons. The van der Waals surface area contributed by atoms with Gasteiger partial charge in [0.1, 0.15) is 0 Å². The lowest BCUT2D eigenvalue weighted by atomic mass is 9.94. The molecule has 6 rings (SSSR count). The first kappa shape index (κ1) is 38.1. The van der Waals surface area contributed by atoms with Gasteiger partial charge in [0.25, 0.3) is 0 Å². The molecule has 0 unspecified atom stereocenters. The highest BCUT2D eigenvalue weighted by molar-refractivity contribution is 8.02. The molecule has 0 amide bonds. The van der Waals surface area contributed by atoms with Crippen molar-refractivity contribution in [3.05, 3.63) is 95.6 Å². The standard InChI is InChI=1S/C42H42S7Si/c1-43-29-15-11-26(12-16-29)10-13-27-14-17-30(50(7,8)9)18-28(27)25-49-42-24-36-34-22-40(47-5)38(45-3)20-32(34)31-19-37(44-2)39(46-4)21-33(31)35(36)23-41(42)48-6/h11-12,14-24H,25H2,1-9H3/q-1. The summed E-state index contributed by atoms with van der Waals surface area (Å²) < 4.78 is 0. The van der Waals surface area contributed by atoms with E-state index < -0.39 is 8.07 Å². The Balaban J connectivity index is 1.51. The summed E-state index contributed by atoms with van der Waals surface area (Å²) in [5.74, 6) is 7.90. The lowest BCUT2D eigenvalue weighted by molar-refractivity contribution is 1.26. The van der Waals surface area contributed by atoms with Crippen LogP contribution in [-0.2, 0) is 5.75 Å². The highest BCUT2D eigenvalue weighted by Crippen LogP contribution is 2.46. The predicted molar refractivity (Wildman–Crippen MR) is 241 cm³/mol. The average molecular weight is 799 g/mol. The second-order valence-electron chi connectivity index (χ2n) is 12.9. The minimum absolute atomic E-state index is 0.874. The van der Waals surface area contributed by atoms with Crippen molar-refractivity contribution in [2.45, 2.75) is 59.7 Å². The smallest absolute Gasteiger partial charge is 0.0287 e. The Kier molecular flexibility index (Phi) is 12.6. The first-order chi connectivity index (χ1) is 24.1. The largest absolute Gasteiger partial charge is 0.185 e. The molecule has 0 fully saturated rings. The van der Waals surface area contributed by atoms with E-state index in [1.807, 2.05) is 70.6 Å². The molecule has 0 spiro atoms. The Morgan fingerprint density at radius 3 is 1.28 bits per heavy atom. The van der Waals surface area contributed by atoms with E-state index in [0.29, 0.717) is 0 Å². The van der Waals surface area contributed by atoms with E-state index in [1.54, 1.807) is 11.8 Å². The van der Waals surface area contributed by atoms with E-state index in [4.69, 9.17) is 0 Å². The lowest BCUT2D eigenvalue weighted by Gasteiger charge is -2.30. The van der Waals surface area contributed by atoms with E-state index in [0.717, 1.165) is 16.9 Å². The zero-order chi connectivity index (χ0) is 35.6. The Labute approximate surface area is 329 Å². The first-order valence-corrected chi connectivity index (χ1v) is 28.1. The second kappa shape index (κ2) is 16.6. The minimum Gasteiger partial charge on any atom is -0.185 e. The molecule has 0 N–H and O–H groups in total. The molecule has 0 aliphatic heterocycles. The number of hydrogen-bond donors (Lipinski definition) is 0. The number of rotatable bonds is 10. The van der Waals surface area contributed by atoms with Gasteiger partial charge < -0.3 is 0 Å². The summed E-state index contributed by atoms with van der Waals surface area (Å²) in [5.41, 5.74) is 3.50. The zero-order valence-corrected chi connectivity index (χ0v) is 36.8. The van der Waals surface area contributed by atoms with Crippen LogP contribution in [0.2, 0.25) is 19.6 Å². The van der Waals surface area contributed by atoms with Crippen LogP contribution < -0.4 is 5.19 Å². The SMILES string of the molecule is CSc1ccc(C#Cc2ccc([Si-](C)(C)C)cc2CSc2cc3c4cc(SC)c(SC)cc4c4cc(SC)c(SC)cc4c3cc2SC)cc1. The maximum Gasteiger partial charge on any atom is 0.0287 e. The van der Waals surface area contributed by atoms with Crippen molar-refractivity contribution in [1.82, 2.24) is 0 Å². The van der Waals surface area contributed by atoms with Crippen LogP contribution in [0.4, 0.5) is 0 Å². The molecule has 0 bridgehead atoms. The normalized spacial score (nSPS) is 11.8. The van der Waals surface area contributed by atoms with Crippen molar-refractivity contribution in [3.63, 3.8) is 0 Å². The van der Waals surface area contributed by atoms with Crippen LogP contribution in [0.25, 0.3) is 32.3 Å². The summed E-state index contributed by atoms with van der Waals surface area (Å²) in [6.45, 7) is 7.29. The van der Waals surface area contributed by atoms with Crippen LogP contribution in [-0.4, -0.2) is 45.6 Å². The van der Waals surface area contributed by atoms with E-state index in [9.17, 15) is 0 Å². The van der Waals surface area contributed by atoms with Crippen molar-refractivity contribution in [1.29, 1.82) is 0 Å². The van der Waals surface area contributed by atoms with E-state index in [-0.39, 0.29) is 0 Å². The summed E-state index contributed by atoms with van der Waals surface area (Å²) in [6.07, 6.45) is 13.1. The lowest BCUT2D eigenvalue weighted by Crippen LogP contribution is -2.37. The highest BCUT2D eigenvalue weighted by atomic mass is 32.2. The van der Waals surface area contributed by atoms with E-state index in [2.05, 4.69) is 148 Å². The molecule has 0 nitrogen and oxygen atoms in total. The second-order valence-corrected chi connectivity index (χ2v) is 24.2. The topological polar surface area (TPSA) is 0 Å². The fourth-order valence-electron chi connectivity index (χ4n) is 6.20. The van der Waals surface area contributed by atoms with Gasteiger partial charge in [-0.2, -0.15) is 24.8 Å². The van der Waals surface area contributed by atoms with Gasteiger partial charge in [-0.15, -0.1) is 90.4 Å². The third-order valence-electron chi connectivity index (χ3n) is 9.01. The van der Waals surface area contributed by atoms with Crippen LogP contribution in [0.3, 0.4) is 0 Å². The van der Waals surface area contributed by atoms with Crippen molar-refractivity contribution in [2.75, 3.05) is 37.5 Å². The van der Waals surface area contributed by atoms with Gasteiger partial charge in [-0.3, -0.25) is 0 Å². The number of fused-ring (bicyclic) bond motifs is 6. The summed E-state index contributed by atoms with van der Waals surface area (Å²) in [4.78, 5) is 9.30. The highest BCUT2D eigenvalue weighted by Gasteiger charge is 2.18. The third-order valence-corrected chi connectivity index (χ3v) is 17.2. The summed E-state index contributed by atoms with van der Waals surface area (Å²) in [7, 11) is -1.51. The number of thioether (sulfide) groups is 7. The van der Waals surface area contributed by atoms with Crippen molar-refractivity contribution < 1.29 is 0 Å². The molecule has 50 heavy (non-hydrogen) atoms. The predicted octanol–water partition coefficient (Wildman–Crippen LogP) is 13.7. The molecule has 6 aromatic rings. The Bertz CT molecular complexity index is 2240. The molecule has 0 heterocycles. The maximum absolute atomic E-state index is 3.56. The van der Waals surface area contributed by atoms with Gasteiger partial charge in [0.05, 0.1) is 0 Å². The molecule has 257 valence electrons. The summed E-state index contributed by atoms with van der Waals surface area (Å²) in [6, 6.07) is 30.3. The van der Waals surface area contributed by atoms with Crippen molar-refractivity contribution in [2.24, 2.45) is 0 Å². The van der Waals surface area contributed by atoms with Crippen molar-refractivity contribution in [3.8, 4) is 11.8 Å². The quantitative estimate of drug-likeness (QED) is 0.0578. The van der Waals surface area contributed by atoms with Crippen LogP contribution in [0, 0.1) is 11.8 Å². The van der Waals surface area contributed by atoms with Crippen LogP contribution in [0.1, 0.15) is 16.7 Å². The number of hydrogen-bond acceptors (Lipinski definition) is 7. The van der Waals surface area contributed by atoms with Crippen molar-refractivity contribution >= 4 is 128 Å². The van der Waals surface area contributed by atoms with Gasteiger partial charge in [-0.25, -0.2) is 0 Å². The van der Waals surface area contributed by atoms with Crippen LogP contribution in [0.15, 0.2) is 113 Å². The molecule has 0 aromatic heterocycles. The van der Waals surface area contributed by atoms with Gasteiger partial charge in [0, 0.05) is 51.1 Å². The van der Waals surface area contributed by atoms with E-state index in [1.165, 1.54) is 77.3 Å². The van der Waals surface area contributed by atoms with Crippen LogP contribution >= 0.6 is 82.3 Å². The Morgan fingerprint density at radius 1 is 0.460 bits per heavy atom. The molecule has 0 aliphatic rings. The van der Waals surface area contributed by atoms with Gasteiger partial charge in [-0.05, 0) is 142 Å². The third kappa shape index (κ3) is 7.96. The summed E-state index contributed by atoms with van der Waals surface area (Å²) in [5, 5.41) is 9.53. The fourth-order valence-corrected chi connectivity index (χ4v) is 12.7. The molecule has 0 aliphatic carbocycles. The first-order valence-electron chi connectivity index (χ1n) is 16.3. The molecule has 0 saturated heterocycles. The molecule has 0 atom stereocenters. The van der Waals surface area contributed by atoms with Crippen LogP contribution in [0.5, 0.6) is 0 Å². The Morgan fingerprint density at radius 2 is 0.880 bits per heavy atom. The minimum atomic E-state index is -1.51. The molecule has 6 aromatic carbocycles. The van der Waals surface area contributed by atoms with Gasteiger partial charge >= 0.3 is 0 Å². The zero-order valence-electron chi connectivity index (χ0n) is 30.1. The molecular weight excluding hydrogens is 757 g/mol. The van der Waals surface area contributed by atoms with Gasteiger partial charge in [0.2, 0.25) is 0 Å². The monoisotopic (exact) mass is 798 g/mol. The average Bonchev–Trinajstić information content (AvgIpc) is 3.14.